The van der Waals surface area contributed by atoms with E-state index in [2.05, 4.69) is 4.42 Å². The van der Waals surface area contributed by atoms with Crippen molar-refractivity contribution in [1.29, 1.82) is 0 Å². The molecule has 0 saturated carbocycles. The topological polar surface area (TPSA) is 63.1 Å². The molecule has 0 saturated heterocycles. The van der Waals surface area contributed by atoms with Crippen LogP contribution in [0.3, 0.4) is 0 Å². The number of halogens is 3. The molecule has 0 fully saturated rings. The van der Waals surface area contributed by atoms with Crippen molar-refractivity contribution in [2.45, 2.75) is 0 Å². The fourth-order valence-corrected chi connectivity index (χ4v) is 1.30. The normalized spacial score (nSPS) is 11.2. The molecule has 0 aliphatic carbocycles. The second-order valence-electron chi connectivity index (χ2n) is 3.17. The summed E-state index contributed by atoms with van der Waals surface area (Å²) in [6, 6.07) is 2.39. The average molecular weight is 269 g/mol. The second-order valence-corrected chi connectivity index (χ2v) is 3.17. The molecule has 0 unspecified atom stereocenters. The van der Waals surface area contributed by atoms with Crippen molar-refractivity contribution in [3.05, 3.63) is 39.1 Å². The first-order valence-corrected chi connectivity index (χ1v) is 4.25. The third-order valence-corrected chi connectivity index (χ3v) is 2.04. The molecular formula is C8H4BF3KNO3. The monoisotopic (exact) mass is 269 g/mol. The minimum Gasteiger partial charge on any atom is -0.445 e. The Morgan fingerprint density at radius 1 is 1.18 bits per heavy atom. The van der Waals surface area contributed by atoms with Crippen LogP contribution in [0.2, 0.25) is 0 Å². The van der Waals surface area contributed by atoms with Gasteiger partial charge < -0.3 is 17.4 Å². The number of H-pyrrole nitrogens is 1. The van der Waals surface area contributed by atoms with Gasteiger partial charge in [0.1, 0.15) is 5.58 Å². The summed E-state index contributed by atoms with van der Waals surface area (Å²) >= 11 is 0. The minimum absolute atomic E-state index is 0. The molecule has 1 N–H and O–H groups in total. The molecule has 0 atom stereocenters. The average Bonchev–Trinajstić information content (AvgIpc) is 2.15. The molecule has 2 aromatic rings. The standard InChI is InChI=1S/C8H4BF3NO3.K/c10-9(11,12)4-1-2-6-5(3-4)7(14)13-8(15)16-6;/h1-3H,(H,13,14,15);/q-1;+1. The summed E-state index contributed by atoms with van der Waals surface area (Å²) in [5, 5.41) is -0.295. The van der Waals surface area contributed by atoms with Crippen molar-refractivity contribution in [3.8, 4) is 0 Å². The van der Waals surface area contributed by atoms with Crippen LogP contribution in [-0.2, 0) is 0 Å². The van der Waals surface area contributed by atoms with Gasteiger partial charge in [0, 0.05) is 0 Å². The van der Waals surface area contributed by atoms with Crippen molar-refractivity contribution in [2.75, 3.05) is 0 Å². The summed E-state index contributed by atoms with van der Waals surface area (Å²) in [5.41, 5.74) is -1.97. The van der Waals surface area contributed by atoms with Gasteiger partial charge in [-0.15, -0.1) is 5.46 Å². The Labute approximate surface area is 135 Å². The molecule has 17 heavy (non-hydrogen) atoms. The van der Waals surface area contributed by atoms with Gasteiger partial charge in [0.05, 0.1) is 5.39 Å². The number of benzene rings is 1. The van der Waals surface area contributed by atoms with Gasteiger partial charge >= 0.3 is 64.1 Å². The molecule has 1 aromatic carbocycles. The SMILES string of the molecule is O=c1[nH]c(=O)c2cc([B-](F)(F)F)ccc2o1.[K+]. The van der Waals surface area contributed by atoms with Gasteiger partial charge in [-0.2, -0.15) is 0 Å². The van der Waals surface area contributed by atoms with E-state index in [4.69, 9.17) is 0 Å². The molecule has 84 valence electrons. The van der Waals surface area contributed by atoms with Crippen LogP contribution in [0.4, 0.5) is 12.9 Å². The zero-order valence-electron chi connectivity index (χ0n) is 8.67. The molecule has 0 aliphatic heterocycles. The van der Waals surface area contributed by atoms with Crippen LogP contribution in [0.1, 0.15) is 0 Å². The van der Waals surface area contributed by atoms with E-state index in [1.165, 1.54) is 0 Å². The predicted octanol–water partition coefficient (Wildman–Crippen LogP) is -2.46. The van der Waals surface area contributed by atoms with Crippen LogP contribution < -0.4 is 68.2 Å². The summed E-state index contributed by atoms with van der Waals surface area (Å²) < 4.78 is 41.7. The van der Waals surface area contributed by atoms with Crippen LogP contribution in [0.25, 0.3) is 11.0 Å². The number of rotatable bonds is 1. The van der Waals surface area contributed by atoms with E-state index < -0.39 is 23.8 Å². The Kier molecular flexibility index (Phi) is 4.42. The molecule has 1 aromatic heterocycles. The molecule has 9 heteroatoms. The Bertz CT molecular complexity index is 663. The van der Waals surface area contributed by atoms with Gasteiger partial charge in [-0.3, -0.25) is 9.78 Å². The molecule has 0 aliphatic rings. The van der Waals surface area contributed by atoms with Crippen molar-refractivity contribution < 1.29 is 68.7 Å². The van der Waals surface area contributed by atoms with Crippen LogP contribution >= 0.6 is 0 Å². The van der Waals surface area contributed by atoms with E-state index in [1.54, 1.807) is 4.98 Å². The van der Waals surface area contributed by atoms with Crippen molar-refractivity contribution in [1.82, 2.24) is 4.98 Å². The van der Waals surface area contributed by atoms with Gasteiger partial charge in [0.15, 0.2) is 0 Å². The fourth-order valence-electron chi connectivity index (χ4n) is 1.30. The smallest absolute Gasteiger partial charge is 0.445 e. The van der Waals surface area contributed by atoms with E-state index in [1.807, 2.05) is 0 Å². The molecule has 0 spiro atoms. The van der Waals surface area contributed by atoms with E-state index in [0.29, 0.717) is 6.07 Å². The summed E-state index contributed by atoms with van der Waals surface area (Å²) in [4.78, 5) is 23.7. The Morgan fingerprint density at radius 3 is 2.41 bits per heavy atom. The van der Waals surface area contributed by atoms with Crippen molar-refractivity contribution >= 4 is 23.4 Å². The first-order chi connectivity index (χ1) is 7.38. The number of nitrogens with one attached hydrogen (secondary N) is 1. The number of aromatic amines is 1. The zero-order chi connectivity index (χ0) is 11.9. The van der Waals surface area contributed by atoms with Crippen molar-refractivity contribution in [3.63, 3.8) is 0 Å². The summed E-state index contributed by atoms with van der Waals surface area (Å²) in [7, 11) is 0. The predicted molar refractivity (Wildman–Crippen MR) is 51.8 cm³/mol. The Hall–Kier alpha value is -0.349. The molecule has 1 heterocycles. The second kappa shape index (κ2) is 5.11. The molecular weight excluding hydrogens is 265 g/mol. The fraction of sp³-hybridized carbons (Fsp3) is 0. The van der Waals surface area contributed by atoms with Crippen LogP contribution in [0.5, 0.6) is 0 Å². The minimum atomic E-state index is -5.18. The Balaban J connectivity index is 0.00000144. The third kappa shape index (κ3) is 3.10. The Morgan fingerprint density at radius 2 is 1.82 bits per heavy atom. The van der Waals surface area contributed by atoms with Gasteiger partial charge in [-0.05, 0) is 6.07 Å². The number of hydrogen-bond donors (Lipinski definition) is 1. The quantitative estimate of drug-likeness (QED) is 0.584. The van der Waals surface area contributed by atoms with Gasteiger partial charge in [-0.1, -0.05) is 12.1 Å². The zero-order valence-corrected chi connectivity index (χ0v) is 11.8. The van der Waals surface area contributed by atoms with Gasteiger partial charge in [0.2, 0.25) is 0 Å². The summed E-state index contributed by atoms with van der Waals surface area (Å²) in [6.07, 6.45) is 0. The number of aromatic nitrogens is 1. The maximum absolute atomic E-state index is 12.4. The van der Waals surface area contributed by atoms with Gasteiger partial charge in [0.25, 0.3) is 5.56 Å². The molecule has 0 radical (unpaired) electrons. The van der Waals surface area contributed by atoms with E-state index in [9.17, 15) is 22.5 Å². The third-order valence-electron chi connectivity index (χ3n) is 2.04. The maximum atomic E-state index is 12.4. The van der Waals surface area contributed by atoms with Crippen LogP contribution in [0.15, 0.2) is 32.2 Å². The van der Waals surface area contributed by atoms with Crippen LogP contribution in [0, 0.1) is 0 Å². The van der Waals surface area contributed by atoms with E-state index in [-0.39, 0.29) is 62.4 Å². The molecule has 2 rings (SSSR count). The molecule has 0 bridgehead atoms. The summed E-state index contributed by atoms with van der Waals surface area (Å²) in [6.45, 7) is -5.18. The first kappa shape index (κ1) is 14.7. The van der Waals surface area contributed by atoms with Crippen molar-refractivity contribution in [2.24, 2.45) is 0 Å². The van der Waals surface area contributed by atoms with Gasteiger partial charge in [-0.25, -0.2) is 4.79 Å². The van der Waals surface area contributed by atoms with Crippen LogP contribution in [-0.4, -0.2) is 12.0 Å². The number of hydrogen-bond acceptors (Lipinski definition) is 3. The number of fused-ring (bicyclic) bond motifs is 1. The summed E-state index contributed by atoms with van der Waals surface area (Å²) in [5.74, 6) is -0.997. The maximum Gasteiger partial charge on any atom is 1.00 e. The molecule has 0 amide bonds. The van der Waals surface area contributed by atoms with E-state index >= 15 is 0 Å². The molecule has 4 nitrogen and oxygen atoms in total. The first-order valence-electron chi connectivity index (χ1n) is 4.25. The largest absolute Gasteiger partial charge is 1.00 e. The van der Waals surface area contributed by atoms with E-state index in [0.717, 1.165) is 12.1 Å².